The molecule has 0 aliphatic rings. The second-order valence-electron chi connectivity index (χ2n) is 4.19. The van der Waals surface area contributed by atoms with Crippen LogP contribution < -0.4 is 0 Å². The van der Waals surface area contributed by atoms with E-state index in [2.05, 4.69) is 24.0 Å². The lowest BCUT2D eigenvalue weighted by molar-refractivity contribution is 0.112. The molecule has 0 aliphatic carbocycles. The van der Waals surface area contributed by atoms with Crippen LogP contribution in [0.5, 0.6) is 0 Å². The van der Waals surface area contributed by atoms with Crippen LogP contribution in [0.15, 0.2) is 18.6 Å². The minimum atomic E-state index is 0.291. The summed E-state index contributed by atoms with van der Waals surface area (Å²) in [5.41, 5.74) is 2.18. The smallest absolute Gasteiger partial charge is 0.153 e. The summed E-state index contributed by atoms with van der Waals surface area (Å²) in [4.78, 5) is 11.1. The number of aromatic nitrogens is 4. The minimum absolute atomic E-state index is 0.291. The monoisotopic (exact) mass is 232 g/mol. The van der Waals surface area contributed by atoms with Gasteiger partial charge in [0.25, 0.3) is 0 Å². The van der Waals surface area contributed by atoms with Gasteiger partial charge in [0.2, 0.25) is 0 Å². The number of hydrogen-bond acceptors (Lipinski definition) is 3. The van der Waals surface area contributed by atoms with Crippen LogP contribution in [0.4, 0.5) is 0 Å². The van der Waals surface area contributed by atoms with Crippen molar-refractivity contribution in [2.75, 3.05) is 0 Å². The largest absolute Gasteiger partial charge is 0.298 e. The maximum absolute atomic E-state index is 11.1. The molecular formula is C12H16N4O. The molecule has 1 atom stereocenters. The fourth-order valence-electron chi connectivity index (χ4n) is 1.67. The highest BCUT2D eigenvalue weighted by atomic mass is 16.1. The molecule has 5 heteroatoms. The third-order valence-electron chi connectivity index (χ3n) is 2.91. The first-order valence-corrected chi connectivity index (χ1v) is 5.69. The van der Waals surface area contributed by atoms with E-state index in [1.54, 1.807) is 17.1 Å². The van der Waals surface area contributed by atoms with Crippen LogP contribution in [-0.2, 0) is 7.05 Å². The predicted octanol–water partition coefficient (Wildman–Crippen LogP) is 2.07. The minimum Gasteiger partial charge on any atom is -0.298 e. The molecule has 2 rings (SSSR count). The zero-order valence-corrected chi connectivity index (χ0v) is 10.3. The van der Waals surface area contributed by atoms with E-state index in [4.69, 9.17) is 0 Å². The van der Waals surface area contributed by atoms with E-state index in [0.717, 1.165) is 18.3 Å². The normalized spacial score (nSPS) is 12.6. The summed E-state index contributed by atoms with van der Waals surface area (Å²) >= 11 is 0. The van der Waals surface area contributed by atoms with E-state index in [1.807, 2.05) is 17.9 Å². The van der Waals surface area contributed by atoms with Gasteiger partial charge in [-0.05, 0) is 13.3 Å². The SMILES string of the molecule is CCC(C)n1cc(C=O)c(-c2cnn(C)c2)n1. The fraction of sp³-hybridized carbons (Fsp3) is 0.417. The maximum Gasteiger partial charge on any atom is 0.153 e. The van der Waals surface area contributed by atoms with Crippen LogP contribution in [0.2, 0.25) is 0 Å². The average Bonchev–Trinajstić information content (AvgIpc) is 2.93. The quantitative estimate of drug-likeness (QED) is 0.758. The second-order valence-corrected chi connectivity index (χ2v) is 4.19. The van der Waals surface area contributed by atoms with Gasteiger partial charge in [0, 0.05) is 31.0 Å². The van der Waals surface area contributed by atoms with E-state index in [0.29, 0.717) is 17.3 Å². The van der Waals surface area contributed by atoms with Crippen LogP contribution >= 0.6 is 0 Å². The summed E-state index contributed by atoms with van der Waals surface area (Å²) in [6, 6.07) is 0.291. The topological polar surface area (TPSA) is 52.7 Å². The molecule has 17 heavy (non-hydrogen) atoms. The van der Waals surface area contributed by atoms with Gasteiger partial charge in [-0.15, -0.1) is 0 Å². The molecule has 5 nitrogen and oxygen atoms in total. The molecule has 2 heterocycles. The van der Waals surface area contributed by atoms with Crippen LogP contribution in [0.1, 0.15) is 36.7 Å². The highest BCUT2D eigenvalue weighted by Crippen LogP contribution is 2.22. The summed E-state index contributed by atoms with van der Waals surface area (Å²) in [6.07, 6.45) is 7.19. The fourth-order valence-corrected chi connectivity index (χ4v) is 1.67. The first-order chi connectivity index (χ1) is 8.15. The molecule has 90 valence electrons. The van der Waals surface area contributed by atoms with E-state index in [9.17, 15) is 4.79 Å². The highest BCUT2D eigenvalue weighted by Gasteiger charge is 2.14. The van der Waals surface area contributed by atoms with Gasteiger partial charge in [-0.1, -0.05) is 6.92 Å². The number of aryl methyl sites for hydroxylation is 1. The Kier molecular flexibility index (Phi) is 3.08. The molecule has 0 fully saturated rings. The van der Waals surface area contributed by atoms with Gasteiger partial charge in [0.1, 0.15) is 5.69 Å². The molecule has 0 radical (unpaired) electrons. The van der Waals surface area contributed by atoms with Crippen molar-refractivity contribution in [3.8, 4) is 11.3 Å². The summed E-state index contributed by atoms with van der Waals surface area (Å²) in [7, 11) is 1.84. The molecule has 1 unspecified atom stereocenters. The van der Waals surface area contributed by atoms with E-state index >= 15 is 0 Å². The molecule has 0 N–H and O–H groups in total. The van der Waals surface area contributed by atoms with E-state index in [-0.39, 0.29) is 0 Å². The molecule has 0 amide bonds. The summed E-state index contributed by atoms with van der Waals surface area (Å²) in [6.45, 7) is 4.17. The second kappa shape index (κ2) is 4.53. The average molecular weight is 232 g/mol. The Morgan fingerprint density at radius 1 is 1.47 bits per heavy atom. The number of rotatable bonds is 4. The number of aldehydes is 1. The number of carbonyl (C=O) groups is 1. The zero-order valence-electron chi connectivity index (χ0n) is 10.3. The summed E-state index contributed by atoms with van der Waals surface area (Å²) in [5.74, 6) is 0. The molecular weight excluding hydrogens is 216 g/mol. The molecule has 0 aromatic carbocycles. The van der Waals surface area contributed by atoms with Crippen molar-refractivity contribution < 1.29 is 4.79 Å². The Morgan fingerprint density at radius 3 is 2.76 bits per heavy atom. The number of nitrogens with zero attached hydrogens (tertiary/aromatic N) is 4. The highest BCUT2D eigenvalue weighted by molar-refractivity contribution is 5.85. The summed E-state index contributed by atoms with van der Waals surface area (Å²) < 4.78 is 3.54. The molecule has 2 aromatic rings. The zero-order chi connectivity index (χ0) is 12.4. The Morgan fingerprint density at radius 2 is 2.24 bits per heavy atom. The van der Waals surface area contributed by atoms with Gasteiger partial charge in [0.15, 0.2) is 6.29 Å². The molecule has 2 aromatic heterocycles. The van der Waals surface area contributed by atoms with Crippen molar-refractivity contribution in [3.63, 3.8) is 0 Å². The molecule has 0 bridgehead atoms. The van der Waals surface area contributed by atoms with Gasteiger partial charge in [-0.2, -0.15) is 10.2 Å². The van der Waals surface area contributed by atoms with Crippen LogP contribution in [0.25, 0.3) is 11.3 Å². The number of hydrogen-bond donors (Lipinski definition) is 0. The van der Waals surface area contributed by atoms with Crippen LogP contribution in [0, 0.1) is 0 Å². The first-order valence-electron chi connectivity index (χ1n) is 5.69. The predicted molar refractivity (Wildman–Crippen MR) is 64.8 cm³/mol. The summed E-state index contributed by atoms with van der Waals surface area (Å²) in [5, 5.41) is 8.56. The number of carbonyl (C=O) groups excluding carboxylic acids is 1. The Labute approximate surface area is 100 Å². The van der Waals surface area contributed by atoms with Crippen molar-refractivity contribution in [1.82, 2.24) is 19.6 Å². The van der Waals surface area contributed by atoms with Gasteiger partial charge in [-0.25, -0.2) is 0 Å². The Bertz CT molecular complexity index is 526. The van der Waals surface area contributed by atoms with Crippen molar-refractivity contribution >= 4 is 6.29 Å². The van der Waals surface area contributed by atoms with Crippen molar-refractivity contribution in [3.05, 3.63) is 24.2 Å². The van der Waals surface area contributed by atoms with Crippen LogP contribution in [0.3, 0.4) is 0 Å². The maximum atomic E-state index is 11.1. The lowest BCUT2D eigenvalue weighted by Crippen LogP contribution is -2.03. The molecule has 0 saturated carbocycles. The molecule has 0 spiro atoms. The van der Waals surface area contributed by atoms with Crippen molar-refractivity contribution in [2.45, 2.75) is 26.3 Å². The first kappa shape index (κ1) is 11.6. The van der Waals surface area contributed by atoms with Gasteiger partial charge >= 0.3 is 0 Å². The third kappa shape index (κ3) is 2.13. The lowest BCUT2D eigenvalue weighted by Gasteiger charge is -2.07. The Hall–Kier alpha value is -1.91. The molecule has 0 aliphatic heterocycles. The molecule has 0 saturated heterocycles. The standard InChI is InChI=1S/C12H16N4O/c1-4-9(2)16-7-11(8-17)12(14-16)10-5-13-15(3)6-10/h5-9H,4H2,1-3H3. The lowest BCUT2D eigenvalue weighted by atomic mass is 10.2. The van der Waals surface area contributed by atoms with Crippen LogP contribution in [-0.4, -0.2) is 25.8 Å². The van der Waals surface area contributed by atoms with E-state index < -0.39 is 0 Å². The van der Waals surface area contributed by atoms with Crippen molar-refractivity contribution in [2.24, 2.45) is 7.05 Å². The van der Waals surface area contributed by atoms with Gasteiger partial charge in [-0.3, -0.25) is 14.2 Å². The van der Waals surface area contributed by atoms with E-state index in [1.165, 1.54) is 0 Å². The Balaban J connectivity index is 2.46. The third-order valence-corrected chi connectivity index (χ3v) is 2.91. The van der Waals surface area contributed by atoms with Crippen molar-refractivity contribution in [1.29, 1.82) is 0 Å². The van der Waals surface area contributed by atoms with Gasteiger partial charge in [0.05, 0.1) is 11.8 Å². The van der Waals surface area contributed by atoms with Gasteiger partial charge < -0.3 is 0 Å².